The molecule has 0 atom stereocenters. The Morgan fingerprint density at radius 1 is 1.42 bits per heavy atom. The number of nitrogens with zero attached hydrogens (tertiary/aromatic N) is 1. The lowest BCUT2D eigenvalue weighted by atomic mass is 10.3. The molecule has 0 spiro atoms. The first-order valence-corrected chi connectivity index (χ1v) is 8.47. The molecule has 3 N–H and O–H groups in total. The number of ether oxygens (including phenoxy) is 1. The summed E-state index contributed by atoms with van der Waals surface area (Å²) < 4.78 is 32.1. The molecule has 0 aliphatic rings. The van der Waals surface area contributed by atoms with Gasteiger partial charge in [0.05, 0.1) is 11.8 Å². The lowest BCUT2D eigenvalue weighted by Crippen LogP contribution is -2.25. The first kappa shape index (κ1) is 16.4. The second kappa shape index (κ2) is 7.18. The molecule has 19 heavy (non-hydrogen) atoms. The Labute approximate surface area is 118 Å². The average molecular weight is 307 g/mol. The normalized spacial score (nSPS) is 12.2. The summed E-state index contributed by atoms with van der Waals surface area (Å²) in [5, 5.41) is 0.267. The molecule has 6 nitrogen and oxygen atoms in total. The maximum atomic E-state index is 12.0. The lowest BCUT2D eigenvalue weighted by Gasteiger charge is -2.08. The van der Waals surface area contributed by atoms with Gasteiger partial charge in [0.1, 0.15) is 0 Å². The van der Waals surface area contributed by atoms with Gasteiger partial charge < -0.3 is 10.5 Å². The summed E-state index contributed by atoms with van der Waals surface area (Å²) in [6.07, 6.45) is 1.77. The summed E-state index contributed by atoms with van der Waals surface area (Å²) in [7, 11) is -3.49. The van der Waals surface area contributed by atoms with E-state index in [-0.39, 0.29) is 15.4 Å². The summed E-state index contributed by atoms with van der Waals surface area (Å²) in [5.41, 5.74) is 5.94. The molecule has 1 aromatic heterocycles. The summed E-state index contributed by atoms with van der Waals surface area (Å²) in [5.74, 6) is 0. The van der Waals surface area contributed by atoms with Crippen molar-refractivity contribution in [2.24, 2.45) is 0 Å². The second-order valence-electron chi connectivity index (χ2n) is 4.45. The quantitative estimate of drug-likeness (QED) is 0.710. The molecule has 0 saturated heterocycles. The van der Waals surface area contributed by atoms with Crippen LogP contribution in [-0.4, -0.2) is 32.7 Å². The zero-order chi connectivity index (χ0) is 14.5. The number of nitrogens with one attached hydrogen (secondary N) is 1. The zero-order valence-corrected chi connectivity index (χ0v) is 13.1. The molecule has 1 rings (SSSR count). The van der Waals surface area contributed by atoms with Gasteiger partial charge in [-0.15, -0.1) is 0 Å². The third-order valence-electron chi connectivity index (χ3n) is 2.33. The molecule has 0 fully saturated rings. The minimum Gasteiger partial charge on any atom is -0.379 e. The third kappa shape index (κ3) is 5.43. The number of unbranched alkanes of at least 4 members (excludes halogenated alkanes) is 1. The lowest BCUT2D eigenvalue weighted by molar-refractivity contribution is 0.0762. The van der Waals surface area contributed by atoms with E-state index in [1.807, 2.05) is 13.8 Å². The van der Waals surface area contributed by atoms with E-state index in [4.69, 9.17) is 10.5 Å². The first-order valence-electron chi connectivity index (χ1n) is 6.17. The van der Waals surface area contributed by atoms with E-state index in [1.165, 1.54) is 0 Å². The van der Waals surface area contributed by atoms with E-state index in [2.05, 4.69) is 9.71 Å². The predicted octanol–water partition coefficient (Wildman–Crippen LogP) is 1.52. The van der Waals surface area contributed by atoms with E-state index in [9.17, 15) is 8.42 Å². The Morgan fingerprint density at radius 3 is 2.63 bits per heavy atom. The van der Waals surface area contributed by atoms with Crippen LogP contribution in [-0.2, 0) is 14.8 Å². The summed E-state index contributed by atoms with van der Waals surface area (Å²) in [4.78, 5) is 3.91. The van der Waals surface area contributed by atoms with Crippen molar-refractivity contribution in [2.45, 2.75) is 43.9 Å². The molecule has 1 heterocycles. The fraction of sp³-hybridized carbons (Fsp3) is 0.727. The highest BCUT2D eigenvalue weighted by Crippen LogP contribution is 2.24. The van der Waals surface area contributed by atoms with Crippen molar-refractivity contribution in [3.8, 4) is 0 Å². The van der Waals surface area contributed by atoms with Crippen LogP contribution in [0.5, 0.6) is 0 Å². The number of thiazole rings is 1. The number of aryl methyl sites for hydroxylation is 1. The van der Waals surface area contributed by atoms with E-state index < -0.39 is 10.0 Å². The van der Waals surface area contributed by atoms with Gasteiger partial charge in [0.15, 0.2) is 9.34 Å². The number of hydrogen-bond acceptors (Lipinski definition) is 6. The monoisotopic (exact) mass is 307 g/mol. The van der Waals surface area contributed by atoms with E-state index >= 15 is 0 Å². The van der Waals surface area contributed by atoms with Gasteiger partial charge >= 0.3 is 0 Å². The summed E-state index contributed by atoms with van der Waals surface area (Å²) in [6.45, 7) is 6.62. The Morgan fingerprint density at radius 2 is 2.11 bits per heavy atom. The van der Waals surface area contributed by atoms with Crippen molar-refractivity contribution in [1.82, 2.24) is 9.71 Å². The molecule has 1 aromatic rings. The number of nitrogen functional groups attached to an aromatic ring is 1. The highest BCUT2D eigenvalue weighted by Gasteiger charge is 2.20. The molecule has 0 aliphatic heterocycles. The molecule has 0 bridgehead atoms. The van der Waals surface area contributed by atoms with Crippen LogP contribution >= 0.6 is 11.3 Å². The van der Waals surface area contributed by atoms with Crippen molar-refractivity contribution < 1.29 is 13.2 Å². The van der Waals surface area contributed by atoms with E-state index in [0.29, 0.717) is 18.8 Å². The fourth-order valence-corrected chi connectivity index (χ4v) is 3.89. The largest absolute Gasteiger partial charge is 0.379 e. The van der Waals surface area contributed by atoms with E-state index in [1.54, 1.807) is 6.92 Å². The van der Waals surface area contributed by atoms with Crippen LogP contribution in [0.25, 0.3) is 0 Å². The summed E-state index contributed by atoms with van der Waals surface area (Å²) >= 11 is 0.985. The molecular formula is C11H21N3O3S2. The smallest absolute Gasteiger partial charge is 0.252 e. The Balaban J connectivity index is 2.38. The Hall–Kier alpha value is -0.700. The first-order chi connectivity index (χ1) is 8.83. The highest BCUT2D eigenvalue weighted by molar-refractivity contribution is 7.91. The van der Waals surface area contributed by atoms with Gasteiger partial charge in [-0.3, -0.25) is 0 Å². The van der Waals surface area contributed by atoms with Crippen LogP contribution in [0.1, 0.15) is 32.4 Å². The standard InChI is InChI=1S/C11H21N3O3S2/c1-8(2)17-7-5-4-6-13-19(15,16)10-9(3)14-11(12)18-10/h8,13H,4-7H2,1-3H3,(H2,12,14). The number of anilines is 1. The Kier molecular flexibility index (Phi) is 6.18. The molecule has 110 valence electrons. The predicted molar refractivity (Wildman–Crippen MR) is 76.8 cm³/mol. The fourth-order valence-electron chi connectivity index (χ4n) is 1.47. The van der Waals surface area contributed by atoms with Gasteiger partial charge in [0, 0.05) is 13.2 Å². The second-order valence-corrected chi connectivity index (χ2v) is 7.44. The maximum Gasteiger partial charge on any atom is 0.252 e. The third-order valence-corrected chi connectivity index (χ3v) is 5.39. The van der Waals surface area contributed by atoms with Crippen LogP contribution in [0.15, 0.2) is 4.21 Å². The van der Waals surface area contributed by atoms with Crippen molar-refractivity contribution in [1.29, 1.82) is 0 Å². The average Bonchev–Trinajstić information content (AvgIpc) is 2.63. The number of nitrogens with two attached hydrogens (primary N) is 1. The zero-order valence-electron chi connectivity index (χ0n) is 11.5. The SMILES string of the molecule is Cc1nc(N)sc1S(=O)(=O)NCCCCOC(C)C. The number of sulfonamides is 1. The van der Waals surface area contributed by atoms with Crippen LogP contribution in [0.4, 0.5) is 5.13 Å². The molecule has 0 unspecified atom stereocenters. The number of aromatic nitrogens is 1. The van der Waals surface area contributed by atoms with Gasteiger partial charge in [0.2, 0.25) is 0 Å². The van der Waals surface area contributed by atoms with Gasteiger partial charge in [-0.05, 0) is 33.6 Å². The van der Waals surface area contributed by atoms with Gasteiger partial charge in [-0.1, -0.05) is 11.3 Å². The molecule has 0 amide bonds. The minimum atomic E-state index is -3.49. The van der Waals surface area contributed by atoms with Crippen LogP contribution in [0.2, 0.25) is 0 Å². The molecule has 0 aliphatic carbocycles. The molecular weight excluding hydrogens is 286 g/mol. The minimum absolute atomic E-state index is 0.198. The van der Waals surface area contributed by atoms with Crippen LogP contribution < -0.4 is 10.5 Å². The topological polar surface area (TPSA) is 94.3 Å². The van der Waals surface area contributed by atoms with Crippen molar-refractivity contribution in [3.05, 3.63) is 5.69 Å². The van der Waals surface area contributed by atoms with Crippen LogP contribution in [0.3, 0.4) is 0 Å². The number of hydrogen-bond donors (Lipinski definition) is 2. The molecule has 0 radical (unpaired) electrons. The highest BCUT2D eigenvalue weighted by atomic mass is 32.2. The maximum absolute atomic E-state index is 12.0. The molecule has 0 aromatic carbocycles. The van der Waals surface area contributed by atoms with Crippen molar-refractivity contribution in [2.75, 3.05) is 18.9 Å². The van der Waals surface area contributed by atoms with Crippen molar-refractivity contribution in [3.63, 3.8) is 0 Å². The van der Waals surface area contributed by atoms with Gasteiger partial charge in [0.25, 0.3) is 10.0 Å². The Bertz CT molecular complexity index is 497. The van der Waals surface area contributed by atoms with Crippen molar-refractivity contribution >= 4 is 26.5 Å². The number of rotatable bonds is 8. The molecule has 8 heteroatoms. The van der Waals surface area contributed by atoms with E-state index in [0.717, 1.165) is 24.2 Å². The summed E-state index contributed by atoms with van der Waals surface area (Å²) in [6, 6.07) is 0. The van der Waals surface area contributed by atoms with Gasteiger partial charge in [-0.2, -0.15) is 0 Å². The van der Waals surface area contributed by atoms with Gasteiger partial charge in [-0.25, -0.2) is 18.1 Å². The molecule has 0 saturated carbocycles. The van der Waals surface area contributed by atoms with Crippen LogP contribution in [0, 0.1) is 6.92 Å².